The van der Waals surface area contributed by atoms with Gasteiger partial charge in [-0.3, -0.25) is 4.79 Å². The molecule has 3 aromatic heterocycles. The van der Waals surface area contributed by atoms with Gasteiger partial charge >= 0.3 is 5.97 Å². The summed E-state index contributed by atoms with van der Waals surface area (Å²) in [7, 11) is 2.14. The zero-order valence-corrected chi connectivity index (χ0v) is 30.2. The van der Waals surface area contributed by atoms with Gasteiger partial charge in [-0.1, -0.05) is 56.4 Å². The fourth-order valence-corrected chi connectivity index (χ4v) is 8.25. The van der Waals surface area contributed by atoms with Crippen LogP contribution in [0.25, 0.3) is 10.9 Å². The number of nitrogens with one attached hydrogen (secondary N) is 2. The van der Waals surface area contributed by atoms with Crippen molar-refractivity contribution in [2.45, 2.75) is 88.8 Å². The minimum absolute atomic E-state index is 0.109. The number of carbonyl (C=O) groups is 1. The standard InChI is InChI=1S/C39H51N3O5S2/c1-42(25-9-6-4-2-3-5-8-23-40-24-22-29-16-19-32(43)37-31(29)18-21-36(44)41-37)26-10-7-13-30-17-20-33(30)47-38(45)39(46,34-14-11-27-48-34)35-15-12-28-49-35/h10-12,14-16,18-19,21,26-28,30,33,40,43,46H,2-9,13,17,20,22-25H2,1H3,(H,41,44)/b26-10-. The Bertz CT molecular complexity index is 1630. The number of aromatic hydroxyl groups is 1. The minimum atomic E-state index is -1.73. The van der Waals surface area contributed by atoms with Crippen LogP contribution in [0.5, 0.6) is 5.75 Å². The topological polar surface area (TPSA) is 115 Å². The summed E-state index contributed by atoms with van der Waals surface area (Å²) in [4.78, 5) is 31.1. The molecule has 4 N–H and O–H groups in total. The number of esters is 1. The molecule has 2 unspecified atom stereocenters. The lowest BCUT2D eigenvalue weighted by atomic mass is 9.78. The number of pyridine rings is 1. The van der Waals surface area contributed by atoms with Gasteiger partial charge in [0, 0.05) is 25.0 Å². The number of phenols is 1. The second kappa shape index (κ2) is 18.5. The van der Waals surface area contributed by atoms with E-state index in [1.54, 1.807) is 24.3 Å². The monoisotopic (exact) mass is 705 g/mol. The molecule has 0 aliphatic heterocycles. The number of allylic oxidation sites excluding steroid dienone is 1. The second-order valence-corrected chi connectivity index (χ2v) is 15.1. The molecule has 4 aromatic rings. The molecule has 1 saturated carbocycles. The Labute approximate surface area is 297 Å². The van der Waals surface area contributed by atoms with Crippen LogP contribution in [0.4, 0.5) is 0 Å². The van der Waals surface area contributed by atoms with Gasteiger partial charge in [-0.25, -0.2) is 4.79 Å². The van der Waals surface area contributed by atoms with Gasteiger partial charge < -0.3 is 30.2 Å². The number of ether oxygens (including phenoxy) is 1. The number of fused-ring (bicyclic) bond motifs is 1. The first-order valence-corrected chi connectivity index (χ1v) is 19.5. The number of unbranched alkanes of at least 4 members (excludes halogenated alkanes) is 6. The number of hydrogen-bond acceptors (Lipinski definition) is 9. The highest BCUT2D eigenvalue weighted by Gasteiger charge is 2.46. The molecule has 2 atom stereocenters. The van der Waals surface area contributed by atoms with Crippen LogP contribution in [0, 0.1) is 5.92 Å². The number of carbonyl (C=O) groups excluding carboxylic acids is 1. The Kier molecular flexibility index (Phi) is 13.9. The molecule has 10 heteroatoms. The molecule has 1 aliphatic carbocycles. The lowest BCUT2D eigenvalue weighted by Crippen LogP contribution is -2.43. The predicted molar refractivity (Wildman–Crippen MR) is 200 cm³/mol. The summed E-state index contributed by atoms with van der Waals surface area (Å²) in [5.74, 6) is -0.114. The Hall–Kier alpha value is -3.44. The number of thiophene rings is 2. The second-order valence-electron chi connectivity index (χ2n) is 13.2. The molecule has 0 radical (unpaired) electrons. The highest BCUT2D eigenvalue weighted by atomic mass is 32.1. The molecule has 5 rings (SSSR count). The number of nitrogens with zero attached hydrogens (tertiary/aromatic N) is 1. The molecule has 0 bridgehead atoms. The van der Waals surface area contributed by atoms with E-state index in [-0.39, 0.29) is 17.4 Å². The van der Waals surface area contributed by atoms with Crippen molar-refractivity contribution in [2.75, 3.05) is 26.7 Å². The summed E-state index contributed by atoms with van der Waals surface area (Å²) >= 11 is 2.74. The van der Waals surface area contributed by atoms with Gasteiger partial charge in [-0.05, 0) is 111 Å². The zero-order chi connectivity index (χ0) is 34.5. The van der Waals surface area contributed by atoms with Gasteiger partial charge in [-0.15, -0.1) is 22.7 Å². The molecule has 49 heavy (non-hydrogen) atoms. The zero-order valence-electron chi connectivity index (χ0n) is 28.6. The van der Waals surface area contributed by atoms with Crippen LogP contribution < -0.4 is 10.9 Å². The first-order valence-electron chi connectivity index (χ1n) is 17.8. The average molecular weight is 706 g/mol. The molecule has 1 aromatic carbocycles. The van der Waals surface area contributed by atoms with Crippen LogP contribution >= 0.6 is 22.7 Å². The van der Waals surface area contributed by atoms with Crippen molar-refractivity contribution in [2.24, 2.45) is 5.92 Å². The Morgan fingerprint density at radius 2 is 1.69 bits per heavy atom. The normalized spacial score (nSPS) is 16.3. The Morgan fingerprint density at radius 3 is 2.37 bits per heavy atom. The summed E-state index contributed by atoms with van der Waals surface area (Å²) in [5, 5.41) is 29.7. The van der Waals surface area contributed by atoms with E-state index in [4.69, 9.17) is 4.74 Å². The van der Waals surface area contributed by atoms with E-state index in [1.807, 2.05) is 29.0 Å². The summed E-state index contributed by atoms with van der Waals surface area (Å²) in [5.41, 5.74) is -0.305. The van der Waals surface area contributed by atoms with Crippen molar-refractivity contribution in [3.8, 4) is 5.75 Å². The number of aromatic nitrogens is 1. The van der Waals surface area contributed by atoms with Crippen LogP contribution in [0.3, 0.4) is 0 Å². The summed E-state index contributed by atoms with van der Waals surface area (Å²) in [6, 6.07) is 14.2. The molecule has 3 heterocycles. The molecular weight excluding hydrogens is 655 g/mol. The van der Waals surface area contributed by atoms with E-state index in [1.165, 1.54) is 73.7 Å². The fourth-order valence-electron chi connectivity index (χ4n) is 6.54. The van der Waals surface area contributed by atoms with Crippen LogP contribution in [-0.2, 0) is 21.6 Å². The molecular formula is C39H51N3O5S2. The molecule has 0 spiro atoms. The third kappa shape index (κ3) is 10.1. The average Bonchev–Trinajstić information content (AvgIpc) is 3.84. The number of aromatic amines is 1. The van der Waals surface area contributed by atoms with Crippen molar-refractivity contribution < 1.29 is 19.7 Å². The number of aliphatic hydroxyl groups is 1. The van der Waals surface area contributed by atoms with Gasteiger partial charge in [0.2, 0.25) is 11.2 Å². The SMILES string of the molecule is CN(/C=C\CCC1CCC1OC(=O)C(O)(c1cccs1)c1cccs1)CCCCCCCCCNCCc1ccc(O)c2[nH]c(=O)ccc12. The number of phenolic OH excluding ortho intramolecular Hbond substituents is 1. The third-order valence-corrected chi connectivity index (χ3v) is 11.6. The Balaban J connectivity index is 0.867. The summed E-state index contributed by atoms with van der Waals surface area (Å²) < 4.78 is 5.92. The summed E-state index contributed by atoms with van der Waals surface area (Å²) in [6.45, 7) is 2.93. The first kappa shape index (κ1) is 36.8. The maximum absolute atomic E-state index is 13.3. The fraction of sp³-hybridized carbons (Fsp3) is 0.487. The van der Waals surface area contributed by atoms with Crippen LogP contribution in [0.2, 0.25) is 0 Å². The van der Waals surface area contributed by atoms with E-state index in [9.17, 15) is 19.8 Å². The Morgan fingerprint density at radius 1 is 0.980 bits per heavy atom. The van der Waals surface area contributed by atoms with Crippen LogP contribution in [0.15, 0.2) is 76.4 Å². The molecule has 0 saturated heterocycles. The van der Waals surface area contributed by atoms with Crippen molar-refractivity contribution in [1.82, 2.24) is 15.2 Å². The van der Waals surface area contributed by atoms with E-state index >= 15 is 0 Å². The highest BCUT2D eigenvalue weighted by molar-refractivity contribution is 7.12. The smallest absolute Gasteiger partial charge is 0.349 e. The molecule has 1 fully saturated rings. The quantitative estimate of drug-likeness (QED) is 0.0519. The van der Waals surface area contributed by atoms with Gasteiger partial charge in [0.1, 0.15) is 11.9 Å². The largest absolute Gasteiger partial charge is 0.506 e. The van der Waals surface area contributed by atoms with Crippen LogP contribution in [0.1, 0.15) is 85.9 Å². The van der Waals surface area contributed by atoms with E-state index in [2.05, 4.69) is 34.5 Å². The molecule has 0 amide bonds. The molecule has 264 valence electrons. The third-order valence-electron chi connectivity index (χ3n) is 9.62. The van der Waals surface area contributed by atoms with Gasteiger partial charge in [0.25, 0.3) is 0 Å². The predicted octanol–water partition coefficient (Wildman–Crippen LogP) is 7.70. The number of H-pyrrole nitrogens is 1. The highest BCUT2D eigenvalue weighted by Crippen LogP contribution is 2.40. The van der Waals surface area contributed by atoms with Crippen molar-refractivity contribution in [3.63, 3.8) is 0 Å². The summed E-state index contributed by atoms with van der Waals surface area (Å²) in [6.07, 6.45) is 17.7. The lowest BCUT2D eigenvalue weighted by Gasteiger charge is -2.37. The maximum Gasteiger partial charge on any atom is 0.349 e. The molecule has 8 nitrogen and oxygen atoms in total. The van der Waals surface area contributed by atoms with Crippen molar-refractivity contribution >= 4 is 39.5 Å². The van der Waals surface area contributed by atoms with Crippen molar-refractivity contribution in [3.05, 3.63) is 97.2 Å². The number of benzene rings is 1. The minimum Gasteiger partial charge on any atom is -0.506 e. The van der Waals surface area contributed by atoms with Crippen LogP contribution in [-0.4, -0.2) is 58.9 Å². The lowest BCUT2D eigenvalue weighted by molar-refractivity contribution is -0.176. The maximum atomic E-state index is 13.3. The van der Waals surface area contributed by atoms with Crippen molar-refractivity contribution in [1.29, 1.82) is 0 Å². The first-order chi connectivity index (χ1) is 23.9. The van der Waals surface area contributed by atoms with E-state index in [0.29, 0.717) is 21.2 Å². The number of hydrogen-bond donors (Lipinski definition) is 4. The molecule has 1 aliphatic rings. The van der Waals surface area contributed by atoms with Gasteiger partial charge in [0.05, 0.1) is 15.3 Å². The van der Waals surface area contributed by atoms with Gasteiger partial charge in [0.15, 0.2) is 0 Å². The van der Waals surface area contributed by atoms with Gasteiger partial charge in [-0.2, -0.15) is 0 Å². The number of rotatable bonds is 21. The van der Waals surface area contributed by atoms with E-state index in [0.717, 1.165) is 62.7 Å². The van der Waals surface area contributed by atoms with E-state index < -0.39 is 11.6 Å².